The lowest BCUT2D eigenvalue weighted by atomic mass is 9.86. The number of anilines is 1. The van der Waals surface area contributed by atoms with Crippen molar-refractivity contribution in [3.05, 3.63) is 35.4 Å². The van der Waals surface area contributed by atoms with Gasteiger partial charge in [-0.1, -0.05) is 32.4 Å². The van der Waals surface area contributed by atoms with Crippen LogP contribution in [0.1, 0.15) is 44.1 Å². The quantitative estimate of drug-likeness (QED) is 0.665. The second kappa shape index (κ2) is 7.35. The maximum Gasteiger partial charge on any atom is 0.269 e. The summed E-state index contributed by atoms with van der Waals surface area (Å²) in [6, 6.07) is 3.75. The van der Waals surface area contributed by atoms with E-state index in [1.165, 1.54) is 19.9 Å². The minimum absolute atomic E-state index is 0.109. The van der Waals surface area contributed by atoms with E-state index in [0.717, 1.165) is 26.2 Å². The summed E-state index contributed by atoms with van der Waals surface area (Å²) in [6.45, 7) is 10.2. The molecule has 2 heterocycles. The highest BCUT2D eigenvalue weighted by Crippen LogP contribution is 2.36. The molecule has 1 amide bonds. The molecule has 1 atom stereocenters. The van der Waals surface area contributed by atoms with E-state index < -0.39 is 5.95 Å². The van der Waals surface area contributed by atoms with Crippen molar-refractivity contribution in [3.63, 3.8) is 0 Å². The number of carbonyl (C=O) groups excluding carboxylic acids is 1. The lowest BCUT2D eigenvalue weighted by Gasteiger charge is -2.38. The number of nitrogens with zero attached hydrogens (tertiary/aromatic N) is 3. The third-order valence-corrected chi connectivity index (χ3v) is 5.48. The van der Waals surface area contributed by atoms with Crippen LogP contribution >= 0.6 is 0 Å². The summed E-state index contributed by atoms with van der Waals surface area (Å²) in [6.07, 6.45) is 4.80. The Morgan fingerprint density at radius 3 is 2.46 bits per heavy atom. The van der Waals surface area contributed by atoms with Crippen LogP contribution in [0.3, 0.4) is 0 Å². The fourth-order valence-electron chi connectivity index (χ4n) is 3.83. The number of allylic oxidation sites excluding steroid dienone is 1. The Kier molecular flexibility index (Phi) is 5.32. The summed E-state index contributed by atoms with van der Waals surface area (Å²) in [5, 5.41) is 2.46. The molecular formula is C20H29FN4O. The van der Waals surface area contributed by atoms with E-state index in [9.17, 15) is 9.18 Å². The largest absolute Gasteiger partial charge is 0.365 e. The zero-order valence-electron chi connectivity index (χ0n) is 16.2. The summed E-state index contributed by atoms with van der Waals surface area (Å²) in [4.78, 5) is 19.9. The predicted molar refractivity (Wildman–Crippen MR) is 102 cm³/mol. The Bertz CT molecular complexity index is 702. The van der Waals surface area contributed by atoms with Crippen LogP contribution in [-0.4, -0.2) is 55.1 Å². The van der Waals surface area contributed by atoms with Gasteiger partial charge < -0.3 is 10.2 Å². The van der Waals surface area contributed by atoms with Crippen molar-refractivity contribution in [1.29, 1.82) is 0 Å². The van der Waals surface area contributed by atoms with Gasteiger partial charge in [-0.25, -0.2) is 4.98 Å². The zero-order valence-corrected chi connectivity index (χ0v) is 16.2. The zero-order chi connectivity index (χ0) is 18.9. The summed E-state index contributed by atoms with van der Waals surface area (Å²) >= 11 is 0. The molecule has 1 N–H and O–H groups in total. The fraction of sp³-hybridized carbons (Fsp3) is 0.600. The van der Waals surface area contributed by atoms with Crippen LogP contribution in [0, 0.1) is 11.4 Å². The van der Waals surface area contributed by atoms with E-state index in [-0.39, 0.29) is 17.0 Å². The van der Waals surface area contributed by atoms with Gasteiger partial charge in [0.2, 0.25) is 5.95 Å². The van der Waals surface area contributed by atoms with Crippen LogP contribution < -0.4 is 10.2 Å². The SMILES string of the molecule is CNC(=O)c1ccc(N2CCN(C3C=C(C(C)(C)C)CC3)CC2)c(F)n1. The van der Waals surface area contributed by atoms with Gasteiger partial charge >= 0.3 is 0 Å². The highest BCUT2D eigenvalue weighted by molar-refractivity contribution is 5.92. The van der Waals surface area contributed by atoms with Crippen LogP contribution in [0.15, 0.2) is 23.8 Å². The minimum Gasteiger partial charge on any atom is -0.365 e. The number of hydrogen-bond donors (Lipinski definition) is 1. The Hall–Kier alpha value is -1.95. The third-order valence-electron chi connectivity index (χ3n) is 5.48. The molecule has 0 saturated carbocycles. The van der Waals surface area contributed by atoms with Crippen molar-refractivity contribution < 1.29 is 9.18 Å². The van der Waals surface area contributed by atoms with Gasteiger partial charge in [0.05, 0.1) is 5.69 Å². The van der Waals surface area contributed by atoms with Crippen LogP contribution in [-0.2, 0) is 0 Å². The number of carbonyl (C=O) groups is 1. The molecule has 1 aliphatic carbocycles. The first-order valence-corrected chi connectivity index (χ1v) is 9.38. The molecule has 26 heavy (non-hydrogen) atoms. The van der Waals surface area contributed by atoms with Gasteiger partial charge in [-0.3, -0.25) is 9.69 Å². The molecular weight excluding hydrogens is 331 g/mol. The number of piperazine rings is 1. The summed E-state index contributed by atoms with van der Waals surface area (Å²) in [5.74, 6) is -0.946. The maximum atomic E-state index is 14.4. The van der Waals surface area contributed by atoms with Gasteiger partial charge in [-0.2, -0.15) is 4.39 Å². The topological polar surface area (TPSA) is 48.5 Å². The van der Waals surface area contributed by atoms with Gasteiger partial charge in [0.15, 0.2) is 0 Å². The Labute approximate surface area is 155 Å². The van der Waals surface area contributed by atoms with Crippen molar-refractivity contribution in [2.24, 2.45) is 5.41 Å². The number of nitrogens with one attached hydrogen (secondary N) is 1. The molecule has 5 nitrogen and oxygen atoms in total. The molecule has 0 spiro atoms. The Morgan fingerprint density at radius 1 is 1.23 bits per heavy atom. The molecule has 6 heteroatoms. The number of pyridine rings is 1. The smallest absolute Gasteiger partial charge is 0.269 e. The van der Waals surface area contributed by atoms with Gasteiger partial charge in [0.25, 0.3) is 5.91 Å². The molecule has 0 bridgehead atoms. The lowest BCUT2D eigenvalue weighted by molar-refractivity contribution is 0.0957. The predicted octanol–water partition coefficient (Wildman–Crippen LogP) is 2.84. The van der Waals surface area contributed by atoms with Crippen LogP contribution in [0.25, 0.3) is 0 Å². The molecule has 1 aromatic rings. The second-order valence-corrected chi connectivity index (χ2v) is 8.16. The normalized spacial score (nSPS) is 21.7. The summed E-state index contributed by atoms with van der Waals surface area (Å²) < 4.78 is 14.4. The van der Waals surface area contributed by atoms with Gasteiger partial charge in [0, 0.05) is 39.3 Å². The van der Waals surface area contributed by atoms with E-state index in [1.807, 2.05) is 4.90 Å². The fourth-order valence-corrected chi connectivity index (χ4v) is 3.83. The lowest BCUT2D eigenvalue weighted by Crippen LogP contribution is -2.49. The summed E-state index contributed by atoms with van der Waals surface area (Å²) in [5.41, 5.74) is 2.38. The Balaban J connectivity index is 1.63. The summed E-state index contributed by atoms with van der Waals surface area (Å²) in [7, 11) is 1.51. The first-order chi connectivity index (χ1) is 12.3. The first kappa shape index (κ1) is 18.8. The highest BCUT2D eigenvalue weighted by Gasteiger charge is 2.30. The molecule has 142 valence electrons. The number of aromatic nitrogens is 1. The molecule has 0 aromatic carbocycles. The number of halogens is 1. The van der Waals surface area contributed by atoms with Crippen molar-refractivity contribution >= 4 is 11.6 Å². The maximum absolute atomic E-state index is 14.4. The monoisotopic (exact) mass is 360 g/mol. The first-order valence-electron chi connectivity index (χ1n) is 9.38. The molecule has 1 aromatic heterocycles. The molecule has 0 radical (unpaired) electrons. The molecule has 2 aliphatic rings. The van der Waals surface area contributed by atoms with Crippen LogP contribution in [0.4, 0.5) is 10.1 Å². The molecule has 1 fully saturated rings. The van der Waals surface area contributed by atoms with E-state index >= 15 is 0 Å². The number of amides is 1. The van der Waals surface area contributed by atoms with Crippen molar-refractivity contribution in [1.82, 2.24) is 15.2 Å². The van der Waals surface area contributed by atoms with E-state index in [0.29, 0.717) is 11.7 Å². The minimum atomic E-state index is -0.574. The average Bonchev–Trinajstić information content (AvgIpc) is 3.11. The molecule has 3 rings (SSSR count). The number of rotatable bonds is 3. The molecule has 1 aliphatic heterocycles. The second-order valence-electron chi connectivity index (χ2n) is 8.16. The molecule has 1 unspecified atom stereocenters. The Morgan fingerprint density at radius 2 is 1.92 bits per heavy atom. The van der Waals surface area contributed by atoms with Crippen molar-refractivity contribution in [2.75, 3.05) is 38.1 Å². The molecule has 1 saturated heterocycles. The van der Waals surface area contributed by atoms with Crippen LogP contribution in [0.5, 0.6) is 0 Å². The standard InChI is InChI=1S/C20H29FN4O/c1-20(2,3)14-5-6-15(13-14)24-9-11-25(12-10-24)17-8-7-16(19(26)22-4)23-18(17)21/h7-8,13,15H,5-6,9-12H2,1-4H3,(H,22,26). The third kappa shape index (κ3) is 3.90. The van der Waals surface area contributed by atoms with Crippen molar-refractivity contribution in [2.45, 2.75) is 39.7 Å². The van der Waals surface area contributed by atoms with Crippen molar-refractivity contribution in [3.8, 4) is 0 Å². The highest BCUT2D eigenvalue weighted by atomic mass is 19.1. The van der Waals surface area contributed by atoms with E-state index in [2.05, 4.69) is 42.0 Å². The van der Waals surface area contributed by atoms with Gasteiger partial charge in [0.1, 0.15) is 5.69 Å². The van der Waals surface area contributed by atoms with E-state index in [4.69, 9.17) is 0 Å². The van der Waals surface area contributed by atoms with Gasteiger partial charge in [-0.15, -0.1) is 0 Å². The van der Waals surface area contributed by atoms with Crippen LogP contribution in [0.2, 0.25) is 0 Å². The average molecular weight is 360 g/mol. The number of hydrogen-bond acceptors (Lipinski definition) is 4. The van der Waals surface area contributed by atoms with Gasteiger partial charge in [-0.05, 0) is 30.4 Å². The van der Waals surface area contributed by atoms with E-state index in [1.54, 1.807) is 17.7 Å².